The van der Waals surface area contributed by atoms with E-state index in [-0.39, 0.29) is 6.03 Å². The average molecular weight is 284 g/mol. The molecule has 2 heterocycles. The molecule has 2 amide bonds. The minimum absolute atomic E-state index is 0.0846. The van der Waals surface area contributed by atoms with Crippen LogP contribution in [0.15, 0.2) is 0 Å². The van der Waals surface area contributed by atoms with Crippen LogP contribution in [0.2, 0.25) is 0 Å². The highest BCUT2D eigenvalue weighted by atomic mass is 16.5. The molecule has 5 heteroatoms. The average Bonchev–Trinajstić information content (AvgIpc) is 2.96. The molecule has 2 aliphatic heterocycles. The Hall–Kier alpha value is -0.810. The summed E-state index contributed by atoms with van der Waals surface area (Å²) in [5, 5.41) is 2.99. The largest absolute Gasteiger partial charge is 0.381 e. The van der Waals surface area contributed by atoms with Crippen molar-refractivity contribution >= 4 is 6.03 Å². The summed E-state index contributed by atoms with van der Waals surface area (Å²) >= 11 is 0. The third-order valence-electron chi connectivity index (χ3n) is 4.18. The van der Waals surface area contributed by atoms with Crippen molar-refractivity contribution in [2.75, 3.05) is 39.5 Å². The Bertz CT molecular complexity index is 293. The zero-order chi connectivity index (χ0) is 14.2. The Labute approximate surface area is 122 Å². The maximum absolute atomic E-state index is 12.0. The van der Waals surface area contributed by atoms with Crippen molar-refractivity contribution < 1.29 is 14.3 Å². The molecule has 0 spiro atoms. The molecular weight excluding hydrogens is 256 g/mol. The number of hydrogen-bond acceptors (Lipinski definition) is 3. The fourth-order valence-corrected chi connectivity index (χ4v) is 2.84. The molecule has 2 saturated heterocycles. The Kier molecular flexibility index (Phi) is 6.60. The van der Waals surface area contributed by atoms with E-state index < -0.39 is 0 Å². The van der Waals surface area contributed by atoms with Gasteiger partial charge in [-0.2, -0.15) is 0 Å². The second-order valence-electron chi connectivity index (χ2n) is 5.93. The van der Waals surface area contributed by atoms with Crippen LogP contribution in [-0.4, -0.2) is 56.5 Å². The van der Waals surface area contributed by atoms with Gasteiger partial charge in [0.1, 0.15) is 0 Å². The maximum Gasteiger partial charge on any atom is 0.317 e. The number of urea groups is 1. The molecule has 2 rings (SSSR count). The topological polar surface area (TPSA) is 50.8 Å². The van der Waals surface area contributed by atoms with Crippen molar-refractivity contribution in [2.24, 2.45) is 5.92 Å². The summed E-state index contributed by atoms with van der Waals surface area (Å²) < 4.78 is 10.9. The zero-order valence-corrected chi connectivity index (χ0v) is 12.6. The van der Waals surface area contributed by atoms with Crippen LogP contribution >= 0.6 is 0 Å². The molecule has 2 aliphatic rings. The highest BCUT2D eigenvalue weighted by Crippen LogP contribution is 2.16. The Morgan fingerprint density at radius 3 is 3.05 bits per heavy atom. The molecule has 0 aromatic carbocycles. The minimum atomic E-state index is 0.0846. The van der Waals surface area contributed by atoms with Crippen LogP contribution in [0.4, 0.5) is 4.79 Å². The molecule has 0 unspecified atom stereocenters. The number of rotatable bonds is 6. The highest BCUT2D eigenvalue weighted by molar-refractivity contribution is 5.74. The van der Waals surface area contributed by atoms with Crippen LogP contribution in [0.25, 0.3) is 0 Å². The van der Waals surface area contributed by atoms with Gasteiger partial charge in [-0.05, 0) is 39.0 Å². The van der Waals surface area contributed by atoms with Gasteiger partial charge in [0.25, 0.3) is 0 Å². The fourth-order valence-electron chi connectivity index (χ4n) is 2.84. The van der Waals surface area contributed by atoms with E-state index in [2.05, 4.69) is 12.2 Å². The van der Waals surface area contributed by atoms with Gasteiger partial charge >= 0.3 is 6.03 Å². The highest BCUT2D eigenvalue weighted by Gasteiger charge is 2.22. The van der Waals surface area contributed by atoms with E-state index in [1.165, 1.54) is 6.42 Å². The maximum atomic E-state index is 12.0. The van der Waals surface area contributed by atoms with Crippen LogP contribution in [0.1, 0.15) is 39.0 Å². The van der Waals surface area contributed by atoms with Crippen LogP contribution in [0.5, 0.6) is 0 Å². The number of ether oxygens (including phenoxy) is 2. The molecule has 0 aliphatic carbocycles. The van der Waals surface area contributed by atoms with Crippen LogP contribution in [0.3, 0.4) is 0 Å². The standard InChI is InChI=1S/C15H28N2O3/c1-13-5-2-3-8-17(13)15(18)16-7-4-9-19-11-14-6-10-20-12-14/h13-14H,2-12H2,1H3,(H,16,18)/t13-,14+/m1/s1. The number of carbonyl (C=O) groups excluding carboxylic acids is 1. The van der Waals surface area contributed by atoms with E-state index in [4.69, 9.17) is 9.47 Å². The fraction of sp³-hybridized carbons (Fsp3) is 0.933. The molecule has 0 aromatic heterocycles. The van der Waals surface area contributed by atoms with E-state index in [0.717, 1.165) is 52.0 Å². The van der Waals surface area contributed by atoms with Gasteiger partial charge in [-0.25, -0.2) is 4.79 Å². The lowest BCUT2D eigenvalue weighted by Crippen LogP contribution is -2.47. The second-order valence-corrected chi connectivity index (χ2v) is 5.93. The molecule has 0 saturated carbocycles. The smallest absolute Gasteiger partial charge is 0.317 e. The monoisotopic (exact) mass is 284 g/mol. The summed E-state index contributed by atoms with van der Waals surface area (Å²) in [5.74, 6) is 0.568. The van der Waals surface area contributed by atoms with Gasteiger partial charge in [0.15, 0.2) is 0 Å². The minimum Gasteiger partial charge on any atom is -0.381 e. The lowest BCUT2D eigenvalue weighted by atomic mass is 10.0. The molecule has 0 bridgehead atoms. The van der Waals surface area contributed by atoms with E-state index in [1.54, 1.807) is 0 Å². The number of nitrogens with one attached hydrogen (secondary N) is 1. The predicted octanol–water partition coefficient (Wildman–Crippen LogP) is 2.01. The molecule has 20 heavy (non-hydrogen) atoms. The van der Waals surface area contributed by atoms with Gasteiger partial charge < -0.3 is 19.7 Å². The zero-order valence-electron chi connectivity index (χ0n) is 12.6. The van der Waals surface area contributed by atoms with E-state index in [0.29, 0.717) is 25.1 Å². The SMILES string of the molecule is C[C@@H]1CCCCN1C(=O)NCCCOC[C@@H]1CCOC1. The van der Waals surface area contributed by atoms with Crippen LogP contribution in [0, 0.1) is 5.92 Å². The molecule has 116 valence electrons. The van der Waals surface area contributed by atoms with Gasteiger partial charge in [0.2, 0.25) is 0 Å². The van der Waals surface area contributed by atoms with Crippen molar-refractivity contribution in [2.45, 2.75) is 45.1 Å². The van der Waals surface area contributed by atoms with E-state index >= 15 is 0 Å². The first-order valence-corrected chi connectivity index (χ1v) is 7.97. The first-order valence-electron chi connectivity index (χ1n) is 7.97. The summed E-state index contributed by atoms with van der Waals surface area (Å²) in [5.41, 5.74) is 0. The summed E-state index contributed by atoms with van der Waals surface area (Å²) in [6.45, 7) is 6.94. The summed E-state index contributed by atoms with van der Waals surface area (Å²) in [7, 11) is 0. The van der Waals surface area contributed by atoms with Crippen molar-refractivity contribution in [3.8, 4) is 0 Å². The number of piperidine rings is 1. The van der Waals surface area contributed by atoms with Crippen molar-refractivity contribution in [1.82, 2.24) is 10.2 Å². The molecule has 0 radical (unpaired) electrons. The number of hydrogen-bond donors (Lipinski definition) is 1. The third-order valence-corrected chi connectivity index (χ3v) is 4.18. The van der Waals surface area contributed by atoms with Gasteiger partial charge in [-0.3, -0.25) is 0 Å². The summed E-state index contributed by atoms with van der Waals surface area (Å²) in [4.78, 5) is 14.0. The first kappa shape index (κ1) is 15.6. The van der Waals surface area contributed by atoms with Crippen molar-refractivity contribution in [3.05, 3.63) is 0 Å². The molecular formula is C15H28N2O3. The second kappa shape index (κ2) is 8.47. The normalized spacial score (nSPS) is 26.8. The number of amides is 2. The molecule has 0 aromatic rings. The Morgan fingerprint density at radius 1 is 1.40 bits per heavy atom. The van der Waals surface area contributed by atoms with E-state index in [9.17, 15) is 4.79 Å². The number of nitrogens with zero attached hydrogens (tertiary/aromatic N) is 1. The third kappa shape index (κ3) is 4.94. The molecule has 2 fully saturated rings. The van der Waals surface area contributed by atoms with Crippen LogP contribution < -0.4 is 5.32 Å². The summed E-state index contributed by atoms with van der Waals surface area (Å²) in [6.07, 6.45) is 5.49. The molecule has 5 nitrogen and oxygen atoms in total. The quantitative estimate of drug-likeness (QED) is 0.759. The van der Waals surface area contributed by atoms with Crippen molar-refractivity contribution in [1.29, 1.82) is 0 Å². The number of likely N-dealkylation sites (tertiary alicyclic amines) is 1. The first-order chi connectivity index (χ1) is 9.77. The molecule has 1 N–H and O–H groups in total. The van der Waals surface area contributed by atoms with Crippen LogP contribution in [-0.2, 0) is 9.47 Å². The Balaban J connectivity index is 1.48. The van der Waals surface area contributed by atoms with Gasteiger partial charge in [-0.15, -0.1) is 0 Å². The molecule has 2 atom stereocenters. The van der Waals surface area contributed by atoms with Gasteiger partial charge in [-0.1, -0.05) is 0 Å². The van der Waals surface area contributed by atoms with Crippen molar-refractivity contribution in [3.63, 3.8) is 0 Å². The van der Waals surface area contributed by atoms with Gasteiger partial charge in [0, 0.05) is 38.3 Å². The van der Waals surface area contributed by atoms with E-state index in [1.807, 2.05) is 4.90 Å². The lowest BCUT2D eigenvalue weighted by Gasteiger charge is -2.33. The number of carbonyl (C=O) groups is 1. The van der Waals surface area contributed by atoms with Gasteiger partial charge in [0.05, 0.1) is 13.2 Å². The lowest BCUT2D eigenvalue weighted by molar-refractivity contribution is 0.0880. The Morgan fingerprint density at radius 2 is 2.30 bits per heavy atom. The summed E-state index contributed by atoms with van der Waals surface area (Å²) in [6, 6.07) is 0.462. The predicted molar refractivity (Wildman–Crippen MR) is 77.8 cm³/mol.